The second-order valence-corrected chi connectivity index (χ2v) is 10.1. The SMILES string of the molecule is C=CC[C@@]1(O)CC[C@H]2[C@@H]3CC[C@@H]4C[C@H](O)CC[C@]4(C)[C@H]3CC[C@@]21C. The molecule has 0 heterocycles. The van der Waals surface area contributed by atoms with Crippen LogP contribution in [0.1, 0.15) is 78.1 Å². The smallest absolute Gasteiger partial charge is 0.0738 e. The Morgan fingerprint density at radius 3 is 2.50 bits per heavy atom. The van der Waals surface area contributed by atoms with Crippen LogP contribution in [0.4, 0.5) is 0 Å². The van der Waals surface area contributed by atoms with Crippen LogP contribution in [0.2, 0.25) is 0 Å². The Morgan fingerprint density at radius 1 is 1.00 bits per heavy atom. The van der Waals surface area contributed by atoms with Crippen LogP contribution in [0.5, 0.6) is 0 Å². The van der Waals surface area contributed by atoms with Crippen LogP contribution in [0, 0.1) is 34.5 Å². The van der Waals surface area contributed by atoms with Gasteiger partial charge in [0.25, 0.3) is 0 Å². The molecule has 4 aliphatic rings. The molecule has 0 amide bonds. The molecule has 136 valence electrons. The van der Waals surface area contributed by atoms with Crippen molar-refractivity contribution in [2.75, 3.05) is 0 Å². The molecule has 4 rings (SSSR count). The average Bonchev–Trinajstić information content (AvgIpc) is 2.80. The molecule has 0 aromatic heterocycles. The van der Waals surface area contributed by atoms with Gasteiger partial charge in [-0.05, 0) is 98.7 Å². The highest BCUT2D eigenvalue weighted by Gasteiger charge is 2.64. The van der Waals surface area contributed by atoms with Crippen LogP contribution in [-0.2, 0) is 0 Å². The second kappa shape index (κ2) is 5.58. The molecule has 0 aromatic rings. The molecular formula is C22H36O2. The predicted octanol–water partition coefficient (Wildman–Crippen LogP) is 4.70. The summed E-state index contributed by atoms with van der Waals surface area (Å²) in [5.41, 5.74) is -0.00669. The van der Waals surface area contributed by atoms with E-state index in [-0.39, 0.29) is 11.5 Å². The quantitative estimate of drug-likeness (QED) is 0.720. The summed E-state index contributed by atoms with van der Waals surface area (Å²) in [5.74, 6) is 3.01. The van der Waals surface area contributed by atoms with Crippen molar-refractivity contribution in [1.29, 1.82) is 0 Å². The van der Waals surface area contributed by atoms with Crippen molar-refractivity contribution in [1.82, 2.24) is 0 Å². The molecule has 8 atom stereocenters. The summed E-state index contributed by atoms with van der Waals surface area (Å²) in [6, 6.07) is 0. The molecule has 2 heteroatoms. The van der Waals surface area contributed by atoms with E-state index in [1.807, 2.05) is 6.08 Å². The largest absolute Gasteiger partial charge is 0.393 e. The number of rotatable bonds is 2. The molecule has 0 radical (unpaired) electrons. The van der Waals surface area contributed by atoms with Crippen LogP contribution >= 0.6 is 0 Å². The molecule has 0 unspecified atom stereocenters. The van der Waals surface area contributed by atoms with Crippen molar-refractivity contribution in [3.8, 4) is 0 Å². The van der Waals surface area contributed by atoms with Crippen LogP contribution in [-0.4, -0.2) is 21.9 Å². The van der Waals surface area contributed by atoms with Crippen molar-refractivity contribution in [3.63, 3.8) is 0 Å². The van der Waals surface area contributed by atoms with E-state index in [0.717, 1.165) is 43.4 Å². The summed E-state index contributed by atoms with van der Waals surface area (Å²) in [5, 5.41) is 21.5. The van der Waals surface area contributed by atoms with E-state index in [0.29, 0.717) is 11.3 Å². The highest BCUT2D eigenvalue weighted by atomic mass is 16.3. The normalized spacial score (nSPS) is 56.9. The molecule has 2 nitrogen and oxygen atoms in total. The lowest BCUT2D eigenvalue weighted by Crippen LogP contribution is -2.56. The molecule has 2 N–H and O–H groups in total. The highest BCUT2D eigenvalue weighted by molar-refractivity contribution is 5.15. The molecular weight excluding hydrogens is 296 g/mol. The summed E-state index contributed by atoms with van der Waals surface area (Å²) in [6.45, 7) is 8.82. The van der Waals surface area contributed by atoms with Gasteiger partial charge in [0, 0.05) is 0 Å². The van der Waals surface area contributed by atoms with Crippen molar-refractivity contribution in [3.05, 3.63) is 12.7 Å². The van der Waals surface area contributed by atoms with Gasteiger partial charge in [0.05, 0.1) is 11.7 Å². The Labute approximate surface area is 147 Å². The lowest BCUT2D eigenvalue weighted by molar-refractivity contribution is -0.157. The number of fused-ring (bicyclic) bond motifs is 5. The van der Waals surface area contributed by atoms with E-state index < -0.39 is 5.60 Å². The van der Waals surface area contributed by atoms with E-state index in [1.54, 1.807) is 0 Å². The van der Waals surface area contributed by atoms with Crippen LogP contribution < -0.4 is 0 Å². The minimum atomic E-state index is -0.523. The van der Waals surface area contributed by atoms with E-state index in [9.17, 15) is 10.2 Å². The third-order valence-corrected chi connectivity index (χ3v) is 9.44. The van der Waals surface area contributed by atoms with Gasteiger partial charge in [-0.15, -0.1) is 6.58 Å². The van der Waals surface area contributed by atoms with Crippen LogP contribution in [0.3, 0.4) is 0 Å². The Bertz CT molecular complexity index is 516. The van der Waals surface area contributed by atoms with Gasteiger partial charge in [-0.3, -0.25) is 0 Å². The molecule has 0 aromatic carbocycles. The summed E-state index contributed by atoms with van der Waals surface area (Å²) in [4.78, 5) is 0. The fourth-order valence-corrected chi connectivity index (χ4v) is 7.92. The maximum Gasteiger partial charge on any atom is 0.0738 e. The topological polar surface area (TPSA) is 40.5 Å². The monoisotopic (exact) mass is 332 g/mol. The standard InChI is InChI=1S/C22H36O2/c1-4-10-22(24)13-9-19-17-6-5-15-14-16(23)7-11-20(15,2)18(17)8-12-21(19,22)3/h4,15-19,23-24H,1,5-14H2,2-3H3/t15-,16-,17-,18+,19+,20+,21+,22-/m1/s1. The Hall–Kier alpha value is -0.340. The van der Waals surface area contributed by atoms with Gasteiger partial charge in [-0.1, -0.05) is 19.9 Å². The first-order valence-corrected chi connectivity index (χ1v) is 10.4. The minimum Gasteiger partial charge on any atom is -0.393 e. The lowest BCUT2D eigenvalue weighted by Gasteiger charge is -2.61. The van der Waals surface area contributed by atoms with E-state index in [2.05, 4.69) is 20.4 Å². The van der Waals surface area contributed by atoms with Gasteiger partial charge in [0.15, 0.2) is 0 Å². The summed E-state index contributed by atoms with van der Waals surface area (Å²) >= 11 is 0. The average molecular weight is 333 g/mol. The number of aliphatic hydroxyl groups excluding tert-OH is 1. The number of hydrogen-bond acceptors (Lipinski definition) is 2. The molecule has 4 fully saturated rings. The Morgan fingerprint density at radius 2 is 1.75 bits per heavy atom. The van der Waals surface area contributed by atoms with Gasteiger partial charge in [0.2, 0.25) is 0 Å². The first-order chi connectivity index (χ1) is 11.3. The fraction of sp³-hybridized carbons (Fsp3) is 0.909. The molecule has 0 spiro atoms. The molecule has 4 saturated carbocycles. The lowest BCUT2D eigenvalue weighted by atomic mass is 9.44. The number of aliphatic hydroxyl groups is 2. The third kappa shape index (κ3) is 2.14. The van der Waals surface area contributed by atoms with E-state index in [1.165, 1.54) is 38.5 Å². The van der Waals surface area contributed by atoms with Gasteiger partial charge < -0.3 is 10.2 Å². The zero-order chi connectivity index (χ0) is 17.2. The Kier molecular flexibility index (Phi) is 3.97. The second-order valence-electron chi connectivity index (χ2n) is 10.1. The Balaban J connectivity index is 1.62. The van der Waals surface area contributed by atoms with Crippen LogP contribution in [0.25, 0.3) is 0 Å². The number of hydrogen-bond donors (Lipinski definition) is 2. The van der Waals surface area contributed by atoms with Gasteiger partial charge in [-0.25, -0.2) is 0 Å². The zero-order valence-corrected chi connectivity index (χ0v) is 15.6. The van der Waals surface area contributed by atoms with Gasteiger partial charge in [0.1, 0.15) is 0 Å². The maximum atomic E-state index is 11.4. The van der Waals surface area contributed by atoms with Crippen LogP contribution in [0.15, 0.2) is 12.7 Å². The minimum absolute atomic E-state index is 0.0577. The highest BCUT2D eigenvalue weighted by Crippen LogP contribution is 2.68. The predicted molar refractivity (Wildman–Crippen MR) is 97.5 cm³/mol. The summed E-state index contributed by atoms with van der Waals surface area (Å²) < 4.78 is 0. The molecule has 0 bridgehead atoms. The summed E-state index contributed by atoms with van der Waals surface area (Å²) in [6.07, 6.45) is 13.1. The van der Waals surface area contributed by atoms with E-state index >= 15 is 0 Å². The molecule has 0 aliphatic heterocycles. The van der Waals surface area contributed by atoms with Crippen molar-refractivity contribution < 1.29 is 10.2 Å². The maximum absolute atomic E-state index is 11.4. The zero-order valence-electron chi connectivity index (χ0n) is 15.6. The summed E-state index contributed by atoms with van der Waals surface area (Å²) in [7, 11) is 0. The third-order valence-electron chi connectivity index (χ3n) is 9.44. The fourth-order valence-electron chi connectivity index (χ4n) is 7.92. The van der Waals surface area contributed by atoms with Gasteiger partial charge >= 0.3 is 0 Å². The molecule has 0 saturated heterocycles. The molecule has 24 heavy (non-hydrogen) atoms. The van der Waals surface area contributed by atoms with Crippen molar-refractivity contribution in [2.45, 2.75) is 89.8 Å². The van der Waals surface area contributed by atoms with Crippen molar-refractivity contribution >= 4 is 0 Å². The van der Waals surface area contributed by atoms with E-state index in [4.69, 9.17) is 0 Å². The first-order valence-electron chi connectivity index (χ1n) is 10.4. The van der Waals surface area contributed by atoms with Crippen molar-refractivity contribution in [2.24, 2.45) is 34.5 Å². The first kappa shape index (κ1) is 17.1. The van der Waals surface area contributed by atoms with Gasteiger partial charge in [-0.2, -0.15) is 0 Å². The molecule has 4 aliphatic carbocycles.